The van der Waals surface area contributed by atoms with E-state index in [1.807, 2.05) is 22.7 Å². The van der Waals surface area contributed by atoms with Gasteiger partial charge in [0.25, 0.3) is 0 Å². The summed E-state index contributed by atoms with van der Waals surface area (Å²) in [5, 5.41) is 11.2. The average molecular weight is 293 g/mol. The number of aromatic nitrogens is 3. The van der Waals surface area contributed by atoms with Crippen LogP contribution in [0, 0.1) is 0 Å². The van der Waals surface area contributed by atoms with Gasteiger partial charge in [-0.3, -0.25) is 0 Å². The van der Waals surface area contributed by atoms with Crippen LogP contribution in [0.4, 0.5) is 0 Å². The predicted octanol–water partition coefficient (Wildman–Crippen LogP) is 4.78. The van der Waals surface area contributed by atoms with E-state index in [1.54, 1.807) is 0 Å². The second kappa shape index (κ2) is 3.76. The SMILES string of the molecule is c1ccc2c(c1)nc1cc3c4cccc5cccc(c3nn12)c54. The number of nitrogens with zero attached hydrogens (tertiary/aromatic N) is 3. The molecule has 0 N–H and O–H groups in total. The number of imidazole rings is 1. The maximum Gasteiger partial charge on any atom is 0.155 e. The molecule has 6 rings (SSSR count). The van der Waals surface area contributed by atoms with Crippen molar-refractivity contribution in [2.45, 2.75) is 0 Å². The number of rotatable bonds is 0. The molecule has 0 bridgehead atoms. The van der Waals surface area contributed by atoms with Crippen molar-refractivity contribution in [2.75, 3.05) is 0 Å². The number of hydrogen-bond donors (Lipinski definition) is 0. The normalized spacial score (nSPS) is 12.3. The molecule has 3 heteroatoms. The molecule has 0 spiro atoms. The van der Waals surface area contributed by atoms with Gasteiger partial charge in [0.1, 0.15) is 0 Å². The highest BCUT2D eigenvalue weighted by molar-refractivity contribution is 6.29. The van der Waals surface area contributed by atoms with Crippen molar-refractivity contribution in [2.24, 2.45) is 0 Å². The standard InChI is InChI=1S/C20H11N3/c1-2-10-17-16(9-1)21-18-11-15-13-7-3-5-12-6-4-8-14(19(12)13)20(15)22-23(17)18/h1-11H. The molecule has 0 saturated heterocycles. The van der Waals surface area contributed by atoms with Gasteiger partial charge in [-0.05, 0) is 34.4 Å². The van der Waals surface area contributed by atoms with E-state index in [0.717, 1.165) is 22.2 Å². The van der Waals surface area contributed by atoms with Crippen LogP contribution in [-0.4, -0.2) is 14.6 Å². The van der Waals surface area contributed by atoms with Crippen LogP contribution in [0.5, 0.6) is 0 Å². The summed E-state index contributed by atoms with van der Waals surface area (Å²) in [6, 6.07) is 23.2. The fourth-order valence-electron chi connectivity index (χ4n) is 3.75. The van der Waals surface area contributed by atoms with Crippen LogP contribution in [0.15, 0.2) is 66.7 Å². The quantitative estimate of drug-likeness (QED) is 0.403. The molecular weight excluding hydrogens is 282 g/mol. The number of benzene rings is 3. The van der Waals surface area contributed by atoms with Crippen LogP contribution in [-0.2, 0) is 0 Å². The Labute approximate surface area is 131 Å². The summed E-state index contributed by atoms with van der Waals surface area (Å²) < 4.78 is 1.96. The Balaban J connectivity index is 1.96. The van der Waals surface area contributed by atoms with Crippen molar-refractivity contribution < 1.29 is 0 Å². The second-order valence-electron chi connectivity index (χ2n) is 5.99. The molecule has 2 aromatic heterocycles. The van der Waals surface area contributed by atoms with E-state index < -0.39 is 0 Å². The van der Waals surface area contributed by atoms with Gasteiger partial charge in [0.15, 0.2) is 5.65 Å². The third-order valence-corrected chi connectivity index (χ3v) is 4.74. The molecule has 0 unspecified atom stereocenters. The molecule has 106 valence electrons. The molecule has 0 aliphatic rings. The molecule has 2 heterocycles. The minimum absolute atomic E-state index is 0.898. The molecule has 0 aliphatic heterocycles. The molecule has 23 heavy (non-hydrogen) atoms. The lowest BCUT2D eigenvalue weighted by molar-refractivity contribution is 1.01. The van der Waals surface area contributed by atoms with Crippen LogP contribution in [0.2, 0.25) is 0 Å². The van der Waals surface area contributed by atoms with Crippen molar-refractivity contribution in [1.29, 1.82) is 0 Å². The topological polar surface area (TPSA) is 30.2 Å². The van der Waals surface area contributed by atoms with E-state index >= 15 is 0 Å². The Bertz CT molecular complexity index is 1360. The minimum atomic E-state index is 0.898. The Morgan fingerprint density at radius 3 is 2.48 bits per heavy atom. The first-order valence-corrected chi connectivity index (χ1v) is 7.71. The van der Waals surface area contributed by atoms with Crippen molar-refractivity contribution in [3.8, 4) is 0 Å². The van der Waals surface area contributed by atoms with E-state index in [-0.39, 0.29) is 0 Å². The zero-order valence-electron chi connectivity index (χ0n) is 12.2. The van der Waals surface area contributed by atoms with Gasteiger partial charge in [0.05, 0.1) is 16.6 Å². The Hall–Kier alpha value is -3.20. The van der Waals surface area contributed by atoms with Gasteiger partial charge >= 0.3 is 0 Å². The maximum absolute atomic E-state index is 4.94. The fourth-order valence-corrected chi connectivity index (χ4v) is 3.75. The number of hydrogen-bond acceptors (Lipinski definition) is 2. The van der Waals surface area contributed by atoms with Crippen molar-refractivity contribution in [1.82, 2.24) is 14.6 Å². The predicted molar refractivity (Wildman–Crippen MR) is 94.2 cm³/mol. The van der Waals surface area contributed by atoms with Crippen LogP contribution in [0.1, 0.15) is 0 Å². The van der Waals surface area contributed by atoms with Gasteiger partial charge in [-0.2, -0.15) is 5.10 Å². The monoisotopic (exact) mass is 293 g/mol. The molecule has 0 aliphatic carbocycles. The summed E-state index contributed by atoms with van der Waals surface area (Å²) in [7, 11) is 0. The van der Waals surface area contributed by atoms with Crippen LogP contribution in [0.25, 0.3) is 49.1 Å². The smallest absolute Gasteiger partial charge is 0.155 e. The molecule has 6 aromatic rings. The van der Waals surface area contributed by atoms with Gasteiger partial charge in [-0.1, -0.05) is 48.5 Å². The van der Waals surface area contributed by atoms with E-state index in [2.05, 4.69) is 48.5 Å². The number of fused-ring (bicyclic) bond motifs is 6. The summed E-state index contributed by atoms with van der Waals surface area (Å²) in [5.74, 6) is 0. The minimum Gasteiger partial charge on any atom is -0.227 e. The van der Waals surface area contributed by atoms with E-state index in [9.17, 15) is 0 Å². The highest BCUT2D eigenvalue weighted by atomic mass is 15.3. The molecule has 3 nitrogen and oxygen atoms in total. The van der Waals surface area contributed by atoms with Gasteiger partial charge in [-0.25, -0.2) is 9.50 Å². The largest absolute Gasteiger partial charge is 0.227 e. The molecular formula is C20H11N3. The molecule has 0 atom stereocenters. The van der Waals surface area contributed by atoms with Crippen LogP contribution >= 0.6 is 0 Å². The lowest BCUT2D eigenvalue weighted by Gasteiger charge is -1.96. The lowest BCUT2D eigenvalue weighted by Crippen LogP contribution is -1.90. The third-order valence-electron chi connectivity index (χ3n) is 4.74. The lowest BCUT2D eigenvalue weighted by atomic mass is 10.1. The van der Waals surface area contributed by atoms with Gasteiger partial charge in [-0.15, -0.1) is 0 Å². The average Bonchev–Trinajstić information content (AvgIpc) is 3.11. The second-order valence-corrected chi connectivity index (χ2v) is 5.99. The summed E-state index contributed by atoms with van der Waals surface area (Å²) >= 11 is 0. The van der Waals surface area contributed by atoms with Crippen molar-refractivity contribution >= 4 is 49.1 Å². The number of para-hydroxylation sites is 2. The first kappa shape index (κ1) is 11.4. The van der Waals surface area contributed by atoms with E-state index in [4.69, 9.17) is 10.1 Å². The van der Waals surface area contributed by atoms with Gasteiger partial charge in [0.2, 0.25) is 0 Å². The summed E-state index contributed by atoms with van der Waals surface area (Å²) in [5.41, 5.74) is 3.98. The van der Waals surface area contributed by atoms with Crippen molar-refractivity contribution in [3.63, 3.8) is 0 Å². The summed E-state index contributed by atoms with van der Waals surface area (Å²) in [4.78, 5) is 4.72. The van der Waals surface area contributed by atoms with Crippen LogP contribution in [0.3, 0.4) is 0 Å². The summed E-state index contributed by atoms with van der Waals surface area (Å²) in [6.45, 7) is 0. The highest BCUT2D eigenvalue weighted by Gasteiger charge is 2.15. The highest BCUT2D eigenvalue weighted by Crippen LogP contribution is 2.37. The molecule has 4 aromatic carbocycles. The van der Waals surface area contributed by atoms with E-state index in [0.29, 0.717) is 0 Å². The fraction of sp³-hybridized carbons (Fsp3) is 0. The summed E-state index contributed by atoms with van der Waals surface area (Å²) in [6.07, 6.45) is 0. The zero-order valence-corrected chi connectivity index (χ0v) is 12.2. The Kier molecular flexibility index (Phi) is 1.86. The Morgan fingerprint density at radius 1 is 0.739 bits per heavy atom. The molecule has 0 saturated carbocycles. The molecule has 0 amide bonds. The van der Waals surface area contributed by atoms with E-state index in [1.165, 1.54) is 26.9 Å². The molecule has 0 fully saturated rings. The Morgan fingerprint density at radius 2 is 1.57 bits per heavy atom. The first-order chi connectivity index (χ1) is 11.4. The van der Waals surface area contributed by atoms with Gasteiger partial charge < -0.3 is 0 Å². The molecule has 0 radical (unpaired) electrons. The van der Waals surface area contributed by atoms with Crippen LogP contribution < -0.4 is 0 Å². The first-order valence-electron chi connectivity index (χ1n) is 7.71. The van der Waals surface area contributed by atoms with Gasteiger partial charge in [0, 0.05) is 10.8 Å². The van der Waals surface area contributed by atoms with Crippen molar-refractivity contribution in [3.05, 3.63) is 66.7 Å². The zero-order chi connectivity index (χ0) is 15.0. The maximum atomic E-state index is 4.94. The third kappa shape index (κ3) is 1.30.